The highest BCUT2D eigenvalue weighted by Gasteiger charge is 2.19. The summed E-state index contributed by atoms with van der Waals surface area (Å²) in [6.07, 6.45) is 2.85. The number of aromatic nitrogens is 1. The van der Waals surface area contributed by atoms with E-state index in [-0.39, 0.29) is 0 Å². The Bertz CT molecular complexity index is 541. The summed E-state index contributed by atoms with van der Waals surface area (Å²) < 4.78 is 5.74. The van der Waals surface area contributed by atoms with Gasteiger partial charge in [0.1, 0.15) is 5.75 Å². The van der Waals surface area contributed by atoms with E-state index in [1.54, 1.807) is 11.3 Å². The van der Waals surface area contributed by atoms with E-state index in [9.17, 15) is 0 Å². The molecule has 1 aromatic heterocycles. The van der Waals surface area contributed by atoms with Crippen molar-refractivity contribution in [2.45, 2.75) is 13.0 Å². The van der Waals surface area contributed by atoms with Gasteiger partial charge in [0, 0.05) is 24.2 Å². The van der Waals surface area contributed by atoms with E-state index in [0.29, 0.717) is 6.54 Å². The summed E-state index contributed by atoms with van der Waals surface area (Å²) in [5.74, 6) is 0.930. The van der Waals surface area contributed by atoms with E-state index in [1.807, 2.05) is 24.4 Å². The highest BCUT2D eigenvalue weighted by Crippen LogP contribution is 2.37. The topological polar surface area (TPSA) is 51.4 Å². The van der Waals surface area contributed by atoms with E-state index in [0.717, 1.165) is 41.0 Å². The third-order valence-corrected chi connectivity index (χ3v) is 3.96. The van der Waals surface area contributed by atoms with Crippen molar-refractivity contribution in [3.63, 3.8) is 0 Å². The Morgan fingerprint density at radius 2 is 2.28 bits per heavy atom. The molecule has 0 amide bonds. The molecule has 1 aliphatic heterocycles. The van der Waals surface area contributed by atoms with Crippen LogP contribution >= 0.6 is 11.3 Å². The minimum atomic E-state index is 0.545. The van der Waals surface area contributed by atoms with Gasteiger partial charge in [0.05, 0.1) is 12.3 Å². The number of nitrogens with zero attached hydrogens (tertiary/aromatic N) is 2. The average molecular weight is 261 g/mol. The van der Waals surface area contributed by atoms with Crippen LogP contribution in [0.25, 0.3) is 0 Å². The first-order valence-electron chi connectivity index (χ1n) is 6.02. The monoisotopic (exact) mass is 261 g/mol. The second kappa shape index (κ2) is 4.96. The number of hydrogen-bond acceptors (Lipinski definition) is 5. The first kappa shape index (κ1) is 11.5. The van der Waals surface area contributed by atoms with Crippen molar-refractivity contribution in [2.75, 3.05) is 18.1 Å². The SMILES string of the molecule is NCc1cnc(N2CCCOc3ccccc32)s1. The molecule has 0 fully saturated rings. The Balaban J connectivity index is 2.00. The molecule has 1 aliphatic rings. The lowest BCUT2D eigenvalue weighted by Crippen LogP contribution is -2.17. The molecule has 0 saturated heterocycles. The molecule has 2 heterocycles. The van der Waals surface area contributed by atoms with Gasteiger partial charge >= 0.3 is 0 Å². The van der Waals surface area contributed by atoms with Crippen molar-refractivity contribution >= 4 is 22.2 Å². The second-order valence-electron chi connectivity index (χ2n) is 4.13. The van der Waals surface area contributed by atoms with Crippen LogP contribution in [0.1, 0.15) is 11.3 Å². The summed E-state index contributed by atoms with van der Waals surface area (Å²) in [6, 6.07) is 8.10. The van der Waals surface area contributed by atoms with Crippen LogP contribution in [0.4, 0.5) is 10.8 Å². The molecule has 0 atom stereocenters. The number of rotatable bonds is 2. The molecule has 0 radical (unpaired) electrons. The van der Waals surface area contributed by atoms with E-state index in [1.165, 1.54) is 0 Å². The zero-order valence-electron chi connectivity index (χ0n) is 10.0. The van der Waals surface area contributed by atoms with Gasteiger partial charge in [0.25, 0.3) is 0 Å². The van der Waals surface area contributed by atoms with Gasteiger partial charge in [0.15, 0.2) is 5.13 Å². The molecular weight excluding hydrogens is 246 g/mol. The number of para-hydroxylation sites is 2. The molecule has 94 valence electrons. The van der Waals surface area contributed by atoms with E-state index in [4.69, 9.17) is 10.5 Å². The first-order valence-corrected chi connectivity index (χ1v) is 6.84. The lowest BCUT2D eigenvalue weighted by molar-refractivity contribution is 0.322. The zero-order chi connectivity index (χ0) is 12.4. The molecule has 2 aromatic rings. The minimum absolute atomic E-state index is 0.545. The number of nitrogens with two attached hydrogens (primary N) is 1. The maximum absolute atomic E-state index is 5.74. The molecule has 18 heavy (non-hydrogen) atoms. The summed E-state index contributed by atoms with van der Waals surface area (Å²) in [5, 5.41) is 0.994. The smallest absolute Gasteiger partial charge is 0.190 e. The number of fused-ring (bicyclic) bond motifs is 1. The van der Waals surface area contributed by atoms with Crippen LogP contribution in [0, 0.1) is 0 Å². The third kappa shape index (κ3) is 2.07. The van der Waals surface area contributed by atoms with Crippen molar-refractivity contribution in [1.82, 2.24) is 4.98 Å². The fraction of sp³-hybridized carbons (Fsp3) is 0.308. The number of hydrogen-bond donors (Lipinski definition) is 1. The number of ether oxygens (including phenoxy) is 1. The van der Waals surface area contributed by atoms with Crippen molar-refractivity contribution in [3.05, 3.63) is 35.3 Å². The highest BCUT2D eigenvalue weighted by molar-refractivity contribution is 7.15. The quantitative estimate of drug-likeness (QED) is 0.902. The molecule has 0 bridgehead atoms. The predicted molar refractivity (Wildman–Crippen MR) is 73.6 cm³/mol. The summed E-state index contributed by atoms with van der Waals surface area (Å²) in [6.45, 7) is 2.22. The molecule has 0 spiro atoms. The van der Waals surface area contributed by atoms with Crippen LogP contribution in [0.3, 0.4) is 0 Å². The fourth-order valence-corrected chi connectivity index (χ4v) is 2.87. The molecule has 4 nitrogen and oxygen atoms in total. The molecule has 5 heteroatoms. The van der Waals surface area contributed by atoms with Gasteiger partial charge in [-0.05, 0) is 18.6 Å². The first-order chi connectivity index (χ1) is 8.88. The molecule has 0 saturated carbocycles. The molecule has 0 unspecified atom stereocenters. The van der Waals surface area contributed by atoms with Crippen molar-refractivity contribution in [2.24, 2.45) is 5.73 Å². The van der Waals surface area contributed by atoms with Crippen molar-refractivity contribution < 1.29 is 4.74 Å². The van der Waals surface area contributed by atoms with Crippen LogP contribution in [0.5, 0.6) is 5.75 Å². The number of anilines is 2. The van der Waals surface area contributed by atoms with Gasteiger partial charge in [-0.25, -0.2) is 4.98 Å². The molecule has 3 rings (SSSR count). The number of thiazole rings is 1. The maximum atomic E-state index is 5.74. The molecule has 1 aromatic carbocycles. The second-order valence-corrected chi connectivity index (χ2v) is 5.23. The van der Waals surface area contributed by atoms with Crippen LogP contribution in [-0.2, 0) is 6.54 Å². The maximum Gasteiger partial charge on any atom is 0.190 e. The van der Waals surface area contributed by atoms with Crippen molar-refractivity contribution in [3.8, 4) is 5.75 Å². The summed E-state index contributed by atoms with van der Waals surface area (Å²) in [5.41, 5.74) is 6.74. The van der Waals surface area contributed by atoms with Crippen LogP contribution in [0.15, 0.2) is 30.5 Å². The van der Waals surface area contributed by atoms with E-state index in [2.05, 4.69) is 16.0 Å². The highest BCUT2D eigenvalue weighted by atomic mass is 32.1. The molecular formula is C13H15N3OS. The zero-order valence-corrected chi connectivity index (χ0v) is 10.8. The van der Waals surface area contributed by atoms with Gasteiger partial charge in [0.2, 0.25) is 0 Å². The normalized spacial score (nSPS) is 14.8. The summed E-state index contributed by atoms with van der Waals surface area (Å²) in [7, 11) is 0. The van der Waals surface area contributed by atoms with Gasteiger partial charge in [-0.2, -0.15) is 0 Å². The Labute approximate surface area is 110 Å². The standard InChI is InChI=1S/C13H15N3OS/c14-8-10-9-15-13(18-10)16-6-3-7-17-12-5-2-1-4-11(12)16/h1-2,4-5,9H,3,6-8,14H2. The van der Waals surface area contributed by atoms with Gasteiger partial charge in [-0.15, -0.1) is 11.3 Å². The lowest BCUT2D eigenvalue weighted by Gasteiger charge is -2.20. The van der Waals surface area contributed by atoms with Gasteiger partial charge in [-0.1, -0.05) is 12.1 Å². The molecule has 2 N–H and O–H groups in total. The van der Waals surface area contributed by atoms with E-state index < -0.39 is 0 Å². The third-order valence-electron chi connectivity index (χ3n) is 2.91. The van der Waals surface area contributed by atoms with Gasteiger partial charge < -0.3 is 15.4 Å². The van der Waals surface area contributed by atoms with Gasteiger partial charge in [-0.3, -0.25) is 0 Å². The Kier molecular flexibility index (Phi) is 3.17. The predicted octanol–water partition coefficient (Wildman–Crippen LogP) is 2.52. The average Bonchev–Trinajstić information content (AvgIpc) is 2.78. The van der Waals surface area contributed by atoms with Crippen molar-refractivity contribution in [1.29, 1.82) is 0 Å². The van der Waals surface area contributed by atoms with Crippen LogP contribution < -0.4 is 15.4 Å². The Hall–Kier alpha value is -1.59. The Morgan fingerprint density at radius 1 is 1.39 bits per heavy atom. The Morgan fingerprint density at radius 3 is 3.11 bits per heavy atom. The largest absolute Gasteiger partial charge is 0.491 e. The molecule has 0 aliphatic carbocycles. The summed E-state index contributed by atoms with van der Waals surface area (Å²) >= 11 is 1.65. The number of benzene rings is 1. The van der Waals surface area contributed by atoms with E-state index >= 15 is 0 Å². The minimum Gasteiger partial charge on any atom is -0.491 e. The van der Waals surface area contributed by atoms with Crippen LogP contribution in [-0.4, -0.2) is 18.1 Å². The summed E-state index contributed by atoms with van der Waals surface area (Å²) in [4.78, 5) is 7.78. The lowest BCUT2D eigenvalue weighted by atomic mass is 10.2. The van der Waals surface area contributed by atoms with Crippen LogP contribution in [0.2, 0.25) is 0 Å². The fourth-order valence-electron chi connectivity index (χ4n) is 2.04.